The van der Waals surface area contributed by atoms with Crippen LogP contribution in [0.15, 0.2) is 84.9 Å². The molecule has 0 saturated carbocycles. The molecule has 0 radical (unpaired) electrons. The second-order valence-corrected chi connectivity index (χ2v) is 16.1. The zero-order valence-corrected chi connectivity index (χ0v) is 35.5. The maximum atomic E-state index is 14.1. The van der Waals surface area contributed by atoms with E-state index in [1.807, 2.05) is 66.9 Å². The molecule has 15 heteroatoms. The third-order valence-electron chi connectivity index (χ3n) is 9.43. The number of piperazine rings is 1. The lowest BCUT2D eigenvalue weighted by atomic mass is 9.99. The van der Waals surface area contributed by atoms with Gasteiger partial charge in [-0.05, 0) is 81.9 Å². The Balaban J connectivity index is 1.41. The zero-order chi connectivity index (χ0) is 43.0. The monoisotopic (exact) mass is 831 g/mol. The van der Waals surface area contributed by atoms with Gasteiger partial charge in [0.05, 0.1) is 13.2 Å². The summed E-state index contributed by atoms with van der Waals surface area (Å²) in [5.74, 6) is -1.38. The molecule has 3 aromatic carbocycles. The Bertz CT molecular complexity index is 1860. The lowest BCUT2D eigenvalue weighted by molar-refractivity contribution is -0.162. The van der Waals surface area contributed by atoms with Crippen LogP contribution in [-0.4, -0.2) is 114 Å². The van der Waals surface area contributed by atoms with Crippen LogP contribution in [0.2, 0.25) is 0 Å². The van der Waals surface area contributed by atoms with Crippen molar-refractivity contribution in [3.8, 4) is 5.75 Å². The van der Waals surface area contributed by atoms with Gasteiger partial charge in [-0.3, -0.25) is 19.2 Å². The molecule has 59 heavy (non-hydrogen) atoms. The number of carbonyl (C=O) groups excluding carboxylic acids is 6. The number of nitrogens with zero attached hydrogens (tertiary/aromatic N) is 2. The van der Waals surface area contributed by atoms with Gasteiger partial charge in [0.25, 0.3) is 0 Å². The maximum Gasteiger partial charge on any atom is 0.408 e. The number of ether oxygens (including phenoxy) is 3. The van der Waals surface area contributed by atoms with Gasteiger partial charge in [0.15, 0.2) is 0 Å². The molecular weight excluding hydrogens is 775 g/mol. The number of hydrogen-bond acceptors (Lipinski definition) is 10. The van der Waals surface area contributed by atoms with E-state index in [1.165, 1.54) is 16.7 Å². The number of thioether (sulfide) groups is 1. The first-order valence-corrected chi connectivity index (χ1v) is 21.2. The number of rotatable bonds is 19. The van der Waals surface area contributed by atoms with Gasteiger partial charge in [-0.25, -0.2) is 9.59 Å². The second-order valence-electron chi connectivity index (χ2n) is 15.1. The van der Waals surface area contributed by atoms with Crippen molar-refractivity contribution in [1.29, 1.82) is 0 Å². The molecule has 3 aromatic rings. The summed E-state index contributed by atoms with van der Waals surface area (Å²) >= 11 is 1.56. The van der Waals surface area contributed by atoms with E-state index in [2.05, 4.69) is 16.0 Å². The summed E-state index contributed by atoms with van der Waals surface area (Å²) in [4.78, 5) is 83.6. The van der Waals surface area contributed by atoms with Crippen molar-refractivity contribution >= 4 is 47.5 Å². The van der Waals surface area contributed by atoms with Crippen LogP contribution < -0.4 is 20.7 Å². The summed E-state index contributed by atoms with van der Waals surface area (Å²) in [7, 11) is 0. The van der Waals surface area contributed by atoms with E-state index >= 15 is 0 Å². The Morgan fingerprint density at radius 1 is 0.847 bits per heavy atom. The van der Waals surface area contributed by atoms with Crippen molar-refractivity contribution < 1.29 is 43.0 Å². The van der Waals surface area contributed by atoms with Gasteiger partial charge in [0.2, 0.25) is 23.6 Å². The molecule has 4 rings (SSSR count). The van der Waals surface area contributed by atoms with Gasteiger partial charge in [-0.2, -0.15) is 11.8 Å². The molecular formula is C44H57N5O9S. The molecule has 3 N–H and O–H groups in total. The molecule has 0 bridgehead atoms. The van der Waals surface area contributed by atoms with E-state index in [-0.39, 0.29) is 38.4 Å². The second kappa shape index (κ2) is 22.5. The van der Waals surface area contributed by atoms with Crippen LogP contribution >= 0.6 is 11.8 Å². The van der Waals surface area contributed by atoms with Crippen molar-refractivity contribution in [1.82, 2.24) is 25.8 Å². The van der Waals surface area contributed by atoms with Gasteiger partial charge in [-0.1, -0.05) is 72.8 Å². The van der Waals surface area contributed by atoms with Gasteiger partial charge in [0.1, 0.15) is 42.1 Å². The fourth-order valence-corrected chi connectivity index (χ4v) is 6.93. The van der Waals surface area contributed by atoms with Crippen molar-refractivity contribution in [2.45, 2.75) is 90.3 Å². The molecule has 1 aliphatic rings. The lowest BCUT2D eigenvalue weighted by Crippen LogP contribution is -2.64. The van der Waals surface area contributed by atoms with Crippen molar-refractivity contribution in [3.63, 3.8) is 0 Å². The van der Waals surface area contributed by atoms with Crippen molar-refractivity contribution in [3.05, 3.63) is 102 Å². The standard InChI is InChI=1S/C44H57N5O9S/c1-7-56-42(54)36(22-25-59-6)49-24-23-48(37(41(49)53)27-31-14-10-8-11-15-31)38(50)28-45-39(51)30(2)46-40(52)35(47-43(55)58-44(3,4)5)26-32-18-20-34(21-19-32)57-29-33-16-12-9-13-17-33/h8-21,30,35-37H,7,22-29H2,1-6H3,(H,45,51)(H,46,52)(H,47,55)/t30-,35+,36-,37-/m1/s1. The van der Waals surface area contributed by atoms with Crippen LogP contribution in [0.3, 0.4) is 0 Å². The first-order chi connectivity index (χ1) is 28.2. The summed E-state index contributed by atoms with van der Waals surface area (Å²) in [6, 6.07) is 22.2. The van der Waals surface area contributed by atoms with Crippen LogP contribution in [-0.2, 0) is 52.9 Å². The fourth-order valence-electron chi connectivity index (χ4n) is 6.47. The lowest BCUT2D eigenvalue weighted by Gasteiger charge is -2.43. The predicted molar refractivity (Wildman–Crippen MR) is 225 cm³/mol. The van der Waals surface area contributed by atoms with Gasteiger partial charge in [-0.15, -0.1) is 0 Å². The number of esters is 1. The number of nitrogens with one attached hydrogen (secondary N) is 3. The molecule has 0 aliphatic carbocycles. The SMILES string of the molecule is CCOC(=O)[C@@H](CCSC)N1CCN(C(=O)CNC(=O)[C@@H](C)NC(=O)[C@H](Cc2ccc(OCc3ccccc3)cc2)NC(=O)OC(C)(C)C)[C@H](Cc2ccccc2)C1=O. The highest BCUT2D eigenvalue weighted by Crippen LogP contribution is 2.22. The van der Waals surface area contributed by atoms with Crippen LogP contribution in [0, 0.1) is 0 Å². The Labute approximate surface area is 351 Å². The number of carbonyl (C=O) groups is 6. The van der Waals surface area contributed by atoms with Crippen LogP contribution in [0.5, 0.6) is 5.75 Å². The van der Waals surface area contributed by atoms with E-state index in [0.29, 0.717) is 30.1 Å². The highest BCUT2D eigenvalue weighted by atomic mass is 32.2. The first-order valence-electron chi connectivity index (χ1n) is 19.8. The Kier molecular flexibility index (Phi) is 17.6. The van der Waals surface area contributed by atoms with Crippen molar-refractivity contribution in [2.24, 2.45) is 0 Å². The van der Waals surface area contributed by atoms with Crippen molar-refractivity contribution in [2.75, 3.05) is 38.2 Å². The molecule has 318 valence electrons. The topological polar surface area (TPSA) is 173 Å². The minimum Gasteiger partial charge on any atom is -0.489 e. The predicted octanol–water partition coefficient (Wildman–Crippen LogP) is 4.29. The quantitative estimate of drug-likeness (QED) is 0.148. The van der Waals surface area contributed by atoms with E-state index < -0.39 is 66.1 Å². The molecule has 0 aromatic heterocycles. The highest BCUT2D eigenvalue weighted by molar-refractivity contribution is 7.98. The van der Waals surface area contributed by atoms with E-state index in [4.69, 9.17) is 14.2 Å². The Morgan fingerprint density at radius 2 is 1.49 bits per heavy atom. The number of amides is 5. The molecule has 14 nitrogen and oxygen atoms in total. The van der Waals surface area contributed by atoms with E-state index in [0.717, 1.165) is 11.1 Å². The van der Waals surface area contributed by atoms with Gasteiger partial charge in [0, 0.05) is 25.9 Å². The minimum atomic E-state index is -1.12. The van der Waals surface area contributed by atoms with Crippen LogP contribution in [0.4, 0.5) is 4.79 Å². The normalized spacial score (nSPS) is 15.6. The van der Waals surface area contributed by atoms with E-state index in [1.54, 1.807) is 63.7 Å². The molecule has 0 spiro atoms. The third-order valence-corrected chi connectivity index (χ3v) is 10.1. The highest BCUT2D eigenvalue weighted by Gasteiger charge is 2.42. The number of hydrogen-bond donors (Lipinski definition) is 3. The summed E-state index contributed by atoms with van der Waals surface area (Å²) in [6.45, 7) is 8.66. The Hall–Kier alpha value is -5.57. The van der Waals surface area contributed by atoms with Gasteiger partial charge >= 0.3 is 12.1 Å². The van der Waals surface area contributed by atoms with Crippen LogP contribution in [0.25, 0.3) is 0 Å². The Morgan fingerprint density at radius 3 is 2.10 bits per heavy atom. The molecule has 1 aliphatic heterocycles. The smallest absolute Gasteiger partial charge is 0.408 e. The average Bonchev–Trinajstić information content (AvgIpc) is 3.20. The molecule has 5 amide bonds. The number of benzene rings is 3. The van der Waals surface area contributed by atoms with E-state index in [9.17, 15) is 28.8 Å². The molecule has 1 saturated heterocycles. The molecule has 1 heterocycles. The summed E-state index contributed by atoms with van der Waals surface area (Å²) in [5, 5.41) is 7.87. The summed E-state index contributed by atoms with van der Waals surface area (Å²) in [6.07, 6.45) is 1.80. The maximum absolute atomic E-state index is 14.1. The molecule has 1 fully saturated rings. The van der Waals surface area contributed by atoms with Gasteiger partial charge < -0.3 is 40.0 Å². The fraction of sp³-hybridized carbons (Fsp3) is 0.455. The minimum absolute atomic E-state index is 0.0774. The zero-order valence-electron chi connectivity index (χ0n) is 34.7. The average molecular weight is 832 g/mol. The largest absolute Gasteiger partial charge is 0.489 e. The molecule has 0 unspecified atom stereocenters. The third kappa shape index (κ3) is 14.6. The number of alkyl carbamates (subject to hydrolysis) is 1. The molecule has 4 atom stereocenters. The summed E-state index contributed by atoms with van der Waals surface area (Å²) < 4.78 is 16.6. The summed E-state index contributed by atoms with van der Waals surface area (Å²) in [5.41, 5.74) is 1.73. The first kappa shape index (κ1) is 46.1. The van der Waals surface area contributed by atoms with Crippen LogP contribution in [0.1, 0.15) is 57.7 Å².